The maximum atomic E-state index is 15.5. The topological polar surface area (TPSA) is 117 Å². The van der Waals surface area contributed by atoms with Crippen molar-refractivity contribution in [1.82, 2.24) is 29.9 Å². The fraction of sp³-hybridized carbons (Fsp3) is 0.478. The lowest BCUT2D eigenvalue weighted by Gasteiger charge is -2.51. The minimum atomic E-state index is -0.921. The van der Waals surface area contributed by atoms with Crippen molar-refractivity contribution in [3.63, 3.8) is 0 Å². The third-order valence-corrected chi connectivity index (χ3v) is 7.18. The second-order valence-corrected chi connectivity index (χ2v) is 9.40. The first-order chi connectivity index (χ1) is 15.9. The van der Waals surface area contributed by atoms with Crippen LogP contribution in [-0.2, 0) is 0 Å². The highest BCUT2D eigenvalue weighted by atomic mass is 19.1. The van der Waals surface area contributed by atoms with E-state index in [4.69, 9.17) is 5.26 Å². The average Bonchev–Trinajstić information content (AvgIpc) is 3.31. The highest BCUT2D eigenvalue weighted by molar-refractivity contribution is 5.66. The van der Waals surface area contributed by atoms with Crippen LogP contribution in [0.3, 0.4) is 0 Å². The largest absolute Gasteiger partial charge is 0.507 e. The molecule has 170 valence electrons. The molecule has 33 heavy (non-hydrogen) atoms. The van der Waals surface area contributed by atoms with Gasteiger partial charge in [0.2, 0.25) is 0 Å². The Balaban J connectivity index is 1.36. The highest BCUT2D eigenvalue weighted by Crippen LogP contribution is 2.51. The van der Waals surface area contributed by atoms with Crippen LogP contribution in [0.4, 0.5) is 10.2 Å². The van der Waals surface area contributed by atoms with Gasteiger partial charge in [0.1, 0.15) is 24.3 Å². The Labute approximate surface area is 190 Å². The summed E-state index contributed by atoms with van der Waals surface area (Å²) >= 11 is 0. The number of rotatable bonds is 4. The minimum Gasteiger partial charge on any atom is -0.507 e. The van der Waals surface area contributed by atoms with Gasteiger partial charge >= 0.3 is 0 Å². The number of nitriles is 1. The molecule has 2 heterocycles. The van der Waals surface area contributed by atoms with E-state index in [9.17, 15) is 5.11 Å². The zero-order chi connectivity index (χ0) is 23.2. The summed E-state index contributed by atoms with van der Waals surface area (Å²) < 4.78 is 16.9. The van der Waals surface area contributed by atoms with Crippen LogP contribution < -0.4 is 4.90 Å². The summed E-state index contributed by atoms with van der Waals surface area (Å²) in [4.78, 5) is 10.1. The number of phenolic OH excluding ortho intramolecular Hbond substituents is 1. The summed E-state index contributed by atoms with van der Waals surface area (Å²) in [6.45, 7) is 2.07. The van der Waals surface area contributed by atoms with Crippen LogP contribution in [0.1, 0.15) is 44.9 Å². The number of aromatic nitrogens is 6. The number of benzene rings is 1. The monoisotopic (exact) mass is 448 g/mol. The van der Waals surface area contributed by atoms with Gasteiger partial charge in [-0.1, -0.05) is 19.8 Å². The van der Waals surface area contributed by atoms with Gasteiger partial charge in [0.25, 0.3) is 5.82 Å². The van der Waals surface area contributed by atoms with Crippen LogP contribution in [0.25, 0.3) is 17.1 Å². The average molecular weight is 449 g/mol. The Bertz CT molecular complexity index is 1210. The second-order valence-electron chi connectivity index (χ2n) is 9.40. The molecule has 2 bridgehead atoms. The van der Waals surface area contributed by atoms with Crippen molar-refractivity contribution in [1.29, 1.82) is 5.26 Å². The lowest BCUT2D eigenvalue weighted by atomic mass is 9.60. The lowest BCUT2D eigenvalue weighted by Crippen LogP contribution is -2.54. The molecule has 2 aliphatic rings. The smallest absolute Gasteiger partial charge is 0.252 e. The standard InChI is InChI=1S/C23H25FN8O/c1-23-7-3-4-14(10-23)8-17(21(23)24)31(2)20-12-26-22(29-28-20)16-6-5-15(9-18(16)33)32-13-27-19(11-25)30-32/h5-6,9,12-14,17,21,33H,3-4,7-8,10H2,1-2H3/t14-,17-,21-,23-/m1/s1. The molecule has 9 nitrogen and oxygen atoms in total. The van der Waals surface area contributed by atoms with Gasteiger partial charge in [-0.15, -0.1) is 15.3 Å². The van der Waals surface area contributed by atoms with Gasteiger partial charge < -0.3 is 10.0 Å². The van der Waals surface area contributed by atoms with E-state index in [1.165, 1.54) is 17.1 Å². The summed E-state index contributed by atoms with van der Waals surface area (Å²) in [6, 6.07) is 6.47. The SMILES string of the molecule is CN(c1cnc(-c2ccc(-n3cnc(C#N)n3)cc2O)nn1)[C@@H]1C[C@H]2CCC[C@](C)(C2)[C@@H]1F. The molecule has 0 spiro atoms. The number of anilines is 1. The molecule has 0 saturated heterocycles. The Morgan fingerprint density at radius 2 is 2.15 bits per heavy atom. The second kappa shape index (κ2) is 8.06. The number of halogens is 1. The highest BCUT2D eigenvalue weighted by Gasteiger charge is 2.49. The number of nitrogens with zero attached hydrogens (tertiary/aromatic N) is 8. The van der Waals surface area contributed by atoms with Gasteiger partial charge in [0.15, 0.2) is 11.6 Å². The Kier molecular flexibility index (Phi) is 5.19. The van der Waals surface area contributed by atoms with E-state index >= 15 is 4.39 Å². The molecule has 0 amide bonds. The van der Waals surface area contributed by atoms with Gasteiger partial charge in [-0.25, -0.2) is 19.0 Å². The van der Waals surface area contributed by atoms with Crippen molar-refractivity contribution in [3.05, 3.63) is 36.5 Å². The summed E-state index contributed by atoms with van der Waals surface area (Å²) in [5.74, 6) is 1.31. The van der Waals surface area contributed by atoms with E-state index in [2.05, 4.69) is 32.2 Å². The number of hydrogen-bond donors (Lipinski definition) is 1. The van der Waals surface area contributed by atoms with E-state index in [1.54, 1.807) is 18.3 Å². The molecule has 10 heteroatoms. The third kappa shape index (κ3) is 3.77. The number of fused-ring (bicyclic) bond motifs is 2. The molecule has 5 rings (SSSR count). The van der Waals surface area contributed by atoms with Crippen LogP contribution in [0.15, 0.2) is 30.7 Å². The molecule has 2 aromatic heterocycles. The predicted molar refractivity (Wildman–Crippen MR) is 118 cm³/mol. The molecule has 1 N–H and O–H groups in total. The van der Waals surface area contributed by atoms with E-state index in [-0.39, 0.29) is 28.9 Å². The van der Waals surface area contributed by atoms with Gasteiger partial charge in [0.05, 0.1) is 23.5 Å². The van der Waals surface area contributed by atoms with Gasteiger partial charge in [-0.3, -0.25) is 0 Å². The van der Waals surface area contributed by atoms with Crippen LogP contribution >= 0.6 is 0 Å². The summed E-state index contributed by atoms with van der Waals surface area (Å²) in [7, 11) is 1.85. The predicted octanol–water partition coefficient (Wildman–Crippen LogP) is 3.44. The maximum absolute atomic E-state index is 15.5. The summed E-state index contributed by atoms with van der Waals surface area (Å²) in [6.07, 6.45) is 7.02. The van der Waals surface area contributed by atoms with Crippen LogP contribution in [0.2, 0.25) is 0 Å². The molecule has 2 saturated carbocycles. The number of hydrogen-bond acceptors (Lipinski definition) is 8. The molecule has 2 fully saturated rings. The number of alkyl halides is 1. The quantitative estimate of drug-likeness (QED) is 0.645. The van der Waals surface area contributed by atoms with Gasteiger partial charge in [-0.2, -0.15) is 5.26 Å². The van der Waals surface area contributed by atoms with Crippen LogP contribution in [-0.4, -0.2) is 54.3 Å². The van der Waals surface area contributed by atoms with E-state index in [0.717, 1.165) is 32.1 Å². The number of phenols is 1. The summed E-state index contributed by atoms with van der Waals surface area (Å²) in [5, 5.41) is 31.9. The summed E-state index contributed by atoms with van der Waals surface area (Å²) in [5.41, 5.74) is 0.677. The van der Waals surface area contributed by atoms with Crippen molar-refractivity contribution in [2.24, 2.45) is 11.3 Å². The molecule has 1 aromatic carbocycles. The molecule has 4 atom stereocenters. The molecule has 3 aromatic rings. The minimum absolute atomic E-state index is 0.0388. The van der Waals surface area contributed by atoms with Gasteiger partial charge in [0, 0.05) is 18.5 Å². The molecular weight excluding hydrogens is 423 g/mol. The first kappa shape index (κ1) is 21.2. The van der Waals surface area contributed by atoms with E-state index in [1.807, 2.05) is 18.0 Å². The van der Waals surface area contributed by atoms with Crippen molar-refractivity contribution in [2.75, 3.05) is 11.9 Å². The normalized spacial score (nSPS) is 26.5. The Morgan fingerprint density at radius 3 is 2.85 bits per heavy atom. The fourth-order valence-corrected chi connectivity index (χ4v) is 5.40. The molecule has 0 aliphatic heterocycles. The molecule has 0 radical (unpaired) electrons. The number of aromatic hydroxyl groups is 1. The van der Waals surface area contributed by atoms with Crippen molar-refractivity contribution >= 4 is 5.82 Å². The molecule has 0 unspecified atom stereocenters. The first-order valence-electron chi connectivity index (χ1n) is 11.1. The first-order valence-corrected chi connectivity index (χ1v) is 11.1. The van der Waals surface area contributed by atoms with Crippen molar-refractivity contribution in [2.45, 2.75) is 51.2 Å². The lowest BCUT2D eigenvalue weighted by molar-refractivity contribution is -0.0109. The zero-order valence-corrected chi connectivity index (χ0v) is 18.6. The van der Waals surface area contributed by atoms with Crippen molar-refractivity contribution < 1.29 is 9.50 Å². The molecule has 2 aliphatic carbocycles. The van der Waals surface area contributed by atoms with Crippen LogP contribution in [0, 0.1) is 22.7 Å². The zero-order valence-electron chi connectivity index (χ0n) is 18.6. The van der Waals surface area contributed by atoms with Crippen LogP contribution in [0.5, 0.6) is 5.75 Å². The Hall–Kier alpha value is -3.61. The van der Waals surface area contributed by atoms with Gasteiger partial charge in [-0.05, 0) is 37.3 Å². The third-order valence-electron chi connectivity index (χ3n) is 7.18. The fourth-order valence-electron chi connectivity index (χ4n) is 5.40. The maximum Gasteiger partial charge on any atom is 0.252 e. The van der Waals surface area contributed by atoms with E-state index < -0.39 is 6.17 Å². The molecular formula is C23H25FN8O. The van der Waals surface area contributed by atoms with Crippen molar-refractivity contribution in [3.8, 4) is 28.9 Å². The Morgan fingerprint density at radius 1 is 1.30 bits per heavy atom. The van der Waals surface area contributed by atoms with E-state index in [0.29, 0.717) is 23.0 Å².